The number of nitrogens with zero attached hydrogens (tertiary/aromatic N) is 1. The first-order valence-electron chi connectivity index (χ1n) is 8.29. The fraction of sp³-hybridized carbons (Fsp3) is 0.333. The van der Waals surface area contributed by atoms with Crippen LogP contribution in [-0.4, -0.2) is 29.6 Å². The number of hydrogen-bond donors (Lipinski definition) is 1. The molecule has 2 aromatic carbocycles. The number of hydrogen-bond acceptors (Lipinski definition) is 4. The van der Waals surface area contributed by atoms with Gasteiger partial charge in [-0.3, -0.25) is 9.03 Å². The lowest BCUT2D eigenvalue weighted by Crippen LogP contribution is -2.34. The Morgan fingerprint density at radius 1 is 0.962 bits per heavy atom. The van der Waals surface area contributed by atoms with Crippen LogP contribution in [0.2, 0.25) is 0 Å². The summed E-state index contributed by atoms with van der Waals surface area (Å²) in [6.07, 6.45) is 2.67. The van der Waals surface area contributed by atoms with Crippen molar-refractivity contribution in [2.45, 2.75) is 31.6 Å². The molecule has 0 bridgehead atoms. The molecule has 0 atom stereocenters. The molecule has 0 unspecified atom stereocenters. The maximum atomic E-state index is 12.7. The van der Waals surface area contributed by atoms with Crippen LogP contribution in [0.1, 0.15) is 23.1 Å². The van der Waals surface area contributed by atoms with E-state index in [0.29, 0.717) is 17.9 Å². The molecule has 26 heavy (non-hydrogen) atoms. The Labute approximate surface area is 155 Å². The summed E-state index contributed by atoms with van der Waals surface area (Å²) in [6, 6.07) is 10.00. The molecule has 1 aliphatic heterocycles. The van der Waals surface area contributed by atoms with E-state index < -0.39 is 20.0 Å². The Bertz CT molecular complexity index is 1060. The van der Waals surface area contributed by atoms with Crippen LogP contribution in [0.3, 0.4) is 0 Å². The van der Waals surface area contributed by atoms with Crippen molar-refractivity contribution in [2.24, 2.45) is 0 Å². The molecule has 1 N–H and O–H groups in total. The lowest BCUT2D eigenvalue weighted by Gasteiger charge is -2.29. The monoisotopic (exact) mass is 394 g/mol. The minimum atomic E-state index is -3.75. The first kappa shape index (κ1) is 18.7. The average Bonchev–Trinajstić information content (AvgIpc) is 2.55. The Balaban J connectivity index is 1.97. The highest BCUT2D eigenvalue weighted by Crippen LogP contribution is 2.32. The number of benzene rings is 2. The van der Waals surface area contributed by atoms with Gasteiger partial charge in [-0.15, -0.1) is 0 Å². The summed E-state index contributed by atoms with van der Waals surface area (Å²) in [5.41, 5.74) is 3.69. The van der Waals surface area contributed by atoms with E-state index in [9.17, 15) is 16.8 Å². The topological polar surface area (TPSA) is 83.6 Å². The van der Waals surface area contributed by atoms with Crippen molar-refractivity contribution >= 4 is 31.4 Å². The Hall–Kier alpha value is -2.06. The maximum Gasteiger partial charge on any atom is 0.261 e. The van der Waals surface area contributed by atoms with Gasteiger partial charge in [0.2, 0.25) is 10.0 Å². The summed E-state index contributed by atoms with van der Waals surface area (Å²) >= 11 is 0. The molecule has 0 amide bonds. The zero-order valence-corrected chi connectivity index (χ0v) is 16.6. The van der Waals surface area contributed by atoms with Crippen molar-refractivity contribution in [3.63, 3.8) is 0 Å². The molecule has 0 fully saturated rings. The predicted octanol–water partition coefficient (Wildman–Crippen LogP) is 2.82. The summed E-state index contributed by atoms with van der Waals surface area (Å²) in [6.45, 7) is 4.18. The Morgan fingerprint density at radius 2 is 1.69 bits per heavy atom. The highest BCUT2D eigenvalue weighted by molar-refractivity contribution is 7.92. The molecule has 1 aliphatic rings. The van der Waals surface area contributed by atoms with Crippen LogP contribution < -0.4 is 9.03 Å². The second-order valence-corrected chi connectivity index (χ2v) is 10.2. The molecule has 0 aromatic heterocycles. The third-order valence-electron chi connectivity index (χ3n) is 4.60. The Kier molecular flexibility index (Phi) is 4.74. The highest BCUT2D eigenvalue weighted by Gasteiger charge is 2.25. The van der Waals surface area contributed by atoms with Gasteiger partial charge in [-0.1, -0.05) is 12.1 Å². The molecule has 0 aliphatic carbocycles. The number of anilines is 2. The van der Waals surface area contributed by atoms with Crippen LogP contribution in [0.25, 0.3) is 0 Å². The molecular formula is C18H22N2O4S2. The molecule has 6 nitrogen and oxygen atoms in total. The van der Waals surface area contributed by atoms with Crippen molar-refractivity contribution in [3.05, 3.63) is 53.1 Å². The molecule has 0 saturated carbocycles. The zero-order valence-electron chi connectivity index (χ0n) is 15.0. The quantitative estimate of drug-likeness (QED) is 0.864. The maximum absolute atomic E-state index is 12.7. The van der Waals surface area contributed by atoms with Gasteiger partial charge in [0.05, 0.1) is 22.5 Å². The first-order chi connectivity index (χ1) is 12.1. The molecule has 0 saturated heterocycles. The number of aryl methyl sites for hydroxylation is 3. The highest BCUT2D eigenvalue weighted by atomic mass is 32.2. The van der Waals surface area contributed by atoms with E-state index in [1.54, 1.807) is 36.4 Å². The lowest BCUT2D eigenvalue weighted by molar-refractivity contribution is 0.592. The summed E-state index contributed by atoms with van der Waals surface area (Å²) in [4.78, 5) is 0.179. The number of rotatable bonds is 4. The fourth-order valence-corrected chi connectivity index (χ4v) is 5.17. The lowest BCUT2D eigenvalue weighted by atomic mass is 10.0. The van der Waals surface area contributed by atoms with Gasteiger partial charge in [-0.2, -0.15) is 0 Å². The summed E-state index contributed by atoms with van der Waals surface area (Å²) < 4.78 is 53.3. The normalized spacial score (nSPS) is 14.8. The van der Waals surface area contributed by atoms with Crippen molar-refractivity contribution in [2.75, 3.05) is 21.8 Å². The van der Waals surface area contributed by atoms with Crippen LogP contribution in [0.5, 0.6) is 0 Å². The molecule has 3 rings (SSSR count). The minimum Gasteiger partial charge on any atom is -0.280 e. The molecule has 140 valence electrons. The van der Waals surface area contributed by atoms with Crippen LogP contribution in [0.15, 0.2) is 41.3 Å². The average molecular weight is 395 g/mol. The van der Waals surface area contributed by atoms with E-state index in [1.165, 1.54) is 4.31 Å². The van der Waals surface area contributed by atoms with Crippen LogP contribution in [0.4, 0.5) is 11.4 Å². The SMILES string of the molecule is Cc1ccc(S(=O)(=O)Nc2ccc3c(c2)N(S(C)(=O)=O)CCC3)cc1C. The molecule has 1 heterocycles. The summed E-state index contributed by atoms with van der Waals surface area (Å²) in [5.74, 6) is 0. The van der Waals surface area contributed by atoms with Crippen LogP contribution in [-0.2, 0) is 26.5 Å². The van der Waals surface area contributed by atoms with Crippen molar-refractivity contribution in [1.29, 1.82) is 0 Å². The number of nitrogens with one attached hydrogen (secondary N) is 1. The Morgan fingerprint density at radius 3 is 2.35 bits per heavy atom. The third kappa shape index (κ3) is 3.71. The van der Waals surface area contributed by atoms with E-state index in [-0.39, 0.29) is 4.90 Å². The predicted molar refractivity (Wildman–Crippen MR) is 104 cm³/mol. The van der Waals surface area contributed by atoms with Gasteiger partial charge < -0.3 is 0 Å². The largest absolute Gasteiger partial charge is 0.280 e. The molecule has 2 aromatic rings. The molecule has 8 heteroatoms. The zero-order chi connectivity index (χ0) is 19.1. The summed E-state index contributed by atoms with van der Waals surface area (Å²) in [7, 11) is -7.16. The van der Waals surface area contributed by atoms with Crippen LogP contribution in [0, 0.1) is 13.8 Å². The van der Waals surface area contributed by atoms with Gasteiger partial charge in [0.25, 0.3) is 10.0 Å². The van der Waals surface area contributed by atoms with Gasteiger partial charge in [-0.25, -0.2) is 16.8 Å². The molecule has 0 spiro atoms. The van der Waals surface area contributed by atoms with Crippen molar-refractivity contribution in [3.8, 4) is 0 Å². The number of sulfonamides is 2. The second kappa shape index (κ2) is 6.59. The van der Waals surface area contributed by atoms with Gasteiger partial charge in [0.15, 0.2) is 0 Å². The van der Waals surface area contributed by atoms with E-state index in [4.69, 9.17) is 0 Å². The molecule has 0 radical (unpaired) electrons. The van der Waals surface area contributed by atoms with E-state index in [2.05, 4.69) is 4.72 Å². The molecular weight excluding hydrogens is 372 g/mol. The van der Waals surface area contributed by atoms with Gasteiger partial charge in [0, 0.05) is 6.54 Å². The third-order valence-corrected chi connectivity index (χ3v) is 7.16. The number of fused-ring (bicyclic) bond motifs is 1. The minimum absolute atomic E-state index is 0.179. The standard InChI is InChI=1S/C18H22N2O4S2/c1-13-6-9-17(11-14(13)2)26(23,24)19-16-8-7-15-5-4-10-20(18(15)12-16)25(3,21)22/h6-9,11-12,19H,4-5,10H2,1-3H3. The van der Waals surface area contributed by atoms with Crippen molar-refractivity contribution < 1.29 is 16.8 Å². The van der Waals surface area contributed by atoms with Gasteiger partial charge in [0.1, 0.15) is 0 Å². The second-order valence-electron chi connectivity index (χ2n) is 6.63. The van der Waals surface area contributed by atoms with Crippen molar-refractivity contribution in [1.82, 2.24) is 0 Å². The first-order valence-corrected chi connectivity index (χ1v) is 11.6. The van der Waals surface area contributed by atoms with Gasteiger partial charge >= 0.3 is 0 Å². The van der Waals surface area contributed by atoms with E-state index in [1.807, 2.05) is 13.8 Å². The summed E-state index contributed by atoms with van der Waals surface area (Å²) in [5, 5.41) is 0. The van der Waals surface area contributed by atoms with Gasteiger partial charge in [-0.05, 0) is 67.6 Å². The fourth-order valence-electron chi connectivity index (χ4n) is 3.04. The van der Waals surface area contributed by atoms with E-state index >= 15 is 0 Å². The van der Waals surface area contributed by atoms with E-state index in [0.717, 1.165) is 35.8 Å². The smallest absolute Gasteiger partial charge is 0.261 e. The van der Waals surface area contributed by atoms with Crippen LogP contribution >= 0.6 is 0 Å².